The summed E-state index contributed by atoms with van der Waals surface area (Å²) in [6.07, 6.45) is 12.8. The van der Waals surface area contributed by atoms with E-state index in [0.29, 0.717) is 27.9 Å². The highest BCUT2D eigenvalue weighted by atomic mass is 35.5. The maximum Gasteiger partial charge on any atom is 0.269 e. The van der Waals surface area contributed by atoms with Gasteiger partial charge < -0.3 is 9.72 Å². The first-order valence-electron chi connectivity index (χ1n) is 14.5. The highest BCUT2D eigenvalue weighted by Crippen LogP contribution is 2.33. The van der Waals surface area contributed by atoms with Crippen molar-refractivity contribution in [1.29, 1.82) is 0 Å². The Morgan fingerprint density at radius 1 is 0.872 bits per heavy atom. The van der Waals surface area contributed by atoms with Gasteiger partial charge in [0.1, 0.15) is 28.6 Å². The average molecular weight is 694 g/mol. The van der Waals surface area contributed by atoms with Crippen LogP contribution in [-0.2, 0) is 28.9 Å². The lowest BCUT2D eigenvalue weighted by Gasteiger charge is -2.10. The summed E-state index contributed by atoms with van der Waals surface area (Å²) < 4.78 is 36.2. The normalized spacial score (nSPS) is 14.5. The SMILES string of the molecule is CC1CCCO1.Cn1cc(-c2cc3c(Cl)ncnc3[nH]2)cn1.Cn1cc(-c2cc3c(Cl)ncnc3n2S(=O)(=O)c2ccccc2)cn1. The Labute approximate surface area is 280 Å². The lowest BCUT2D eigenvalue weighted by Crippen LogP contribution is -2.14. The van der Waals surface area contributed by atoms with E-state index < -0.39 is 10.0 Å². The van der Waals surface area contributed by atoms with Crippen LogP contribution in [0.25, 0.3) is 44.6 Å². The van der Waals surface area contributed by atoms with E-state index in [4.69, 9.17) is 27.9 Å². The van der Waals surface area contributed by atoms with Crippen molar-refractivity contribution >= 4 is 55.3 Å². The number of benzene rings is 1. The number of hydrogen-bond acceptors (Lipinski definition) is 9. The highest BCUT2D eigenvalue weighted by molar-refractivity contribution is 7.90. The molecule has 0 spiro atoms. The maximum atomic E-state index is 13.3. The monoisotopic (exact) mass is 692 g/mol. The topological polar surface area (TPSA) is 151 Å². The van der Waals surface area contributed by atoms with Crippen LogP contribution in [0.15, 0.2) is 84.8 Å². The molecule has 0 bridgehead atoms. The highest BCUT2D eigenvalue weighted by Gasteiger charge is 2.26. The molecule has 6 aromatic heterocycles. The smallest absolute Gasteiger partial charge is 0.269 e. The molecule has 0 amide bonds. The van der Waals surface area contributed by atoms with Gasteiger partial charge >= 0.3 is 0 Å². The first-order chi connectivity index (χ1) is 22.6. The van der Waals surface area contributed by atoms with E-state index in [9.17, 15) is 8.42 Å². The van der Waals surface area contributed by atoms with Crippen molar-refractivity contribution in [3.63, 3.8) is 0 Å². The molecule has 1 N–H and O–H groups in total. The van der Waals surface area contributed by atoms with Crippen molar-refractivity contribution in [2.75, 3.05) is 6.61 Å². The van der Waals surface area contributed by atoms with Crippen LogP contribution in [-0.4, -0.2) is 69.6 Å². The first kappa shape index (κ1) is 32.3. The van der Waals surface area contributed by atoms with Crippen LogP contribution in [0, 0.1) is 0 Å². The van der Waals surface area contributed by atoms with E-state index in [0.717, 1.165) is 28.9 Å². The van der Waals surface area contributed by atoms with Crippen molar-refractivity contribution in [1.82, 2.24) is 48.5 Å². The Morgan fingerprint density at radius 3 is 2.11 bits per heavy atom. The van der Waals surface area contributed by atoms with Crippen LogP contribution >= 0.6 is 23.2 Å². The number of halogens is 2. The zero-order chi connectivity index (χ0) is 33.1. The Hall–Kier alpha value is -4.63. The van der Waals surface area contributed by atoms with Gasteiger partial charge in [-0.25, -0.2) is 32.3 Å². The summed E-state index contributed by atoms with van der Waals surface area (Å²) in [5.74, 6) is 0. The van der Waals surface area contributed by atoms with Gasteiger partial charge in [0.2, 0.25) is 0 Å². The van der Waals surface area contributed by atoms with Crippen molar-refractivity contribution in [3.8, 4) is 22.5 Å². The van der Waals surface area contributed by atoms with Gasteiger partial charge in [-0.1, -0.05) is 41.4 Å². The molecule has 242 valence electrons. The van der Waals surface area contributed by atoms with Gasteiger partial charge in [-0.05, 0) is 44.0 Å². The summed E-state index contributed by atoms with van der Waals surface area (Å²) in [5, 5.41) is 10.2. The van der Waals surface area contributed by atoms with Gasteiger partial charge in [0, 0.05) is 44.2 Å². The molecular formula is C31H30Cl2N10O3S. The van der Waals surface area contributed by atoms with Gasteiger partial charge in [0.25, 0.3) is 10.0 Å². The fourth-order valence-corrected chi connectivity index (χ4v) is 6.89. The van der Waals surface area contributed by atoms with Crippen LogP contribution in [0.1, 0.15) is 19.8 Å². The molecule has 0 radical (unpaired) electrons. The summed E-state index contributed by atoms with van der Waals surface area (Å²) in [6, 6.07) is 11.8. The number of nitrogens with zero attached hydrogens (tertiary/aromatic N) is 9. The number of rotatable bonds is 4. The molecule has 1 aliphatic rings. The van der Waals surface area contributed by atoms with E-state index in [-0.39, 0.29) is 15.7 Å². The van der Waals surface area contributed by atoms with Crippen molar-refractivity contribution in [2.45, 2.75) is 30.8 Å². The van der Waals surface area contributed by atoms with E-state index in [1.807, 2.05) is 19.3 Å². The summed E-state index contributed by atoms with van der Waals surface area (Å²) in [6.45, 7) is 3.11. The lowest BCUT2D eigenvalue weighted by molar-refractivity contribution is 0.125. The zero-order valence-corrected chi connectivity index (χ0v) is 27.9. The minimum atomic E-state index is -3.88. The quantitative estimate of drug-likeness (QED) is 0.222. The number of aromatic nitrogens is 10. The fraction of sp³-hybridized carbons (Fsp3) is 0.226. The molecule has 0 aliphatic carbocycles. The van der Waals surface area contributed by atoms with Crippen LogP contribution in [0.5, 0.6) is 0 Å². The standard InChI is InChI=1S/C16H12ClN5O2S.C10H8ClN5.C5H10O/c1-21-9-11(8-20-21)14-7-13-15(17)18-10-19-16(13)22(14)25(23,24)12-5-3-2-4-6-12;1-16-4-6(3-14-16)8-2-7-9(11)12-5-13-10(7)15-8;1-5-3-2-4-6-5/h2-10H,1H3;2-5H,1H3,(H,12,13,15);5H,2-4H2,1H3. The van der Waals surface area contributed by atoms with E-state index in [1.54, 1.807) is 59.3 Å². The van der Waals surface area contributed by atoms with E-state index in [1.165, 1.54) is 41.6 Å². The molecular weight excluding hydrogens is 663 g/mol. The van der Waals surface area contributed by atoms with Gasteiger partial charge in [-0.2, -0.15) is 10.2 Å². The second-order valence-electron chi connectivity index (χ2n) is 10.8. The molecule has 7 heterocycles. The predicted molar refractivity (Wildman–Crippen MR) is 180 cm³/mol. The Morgan fingerprint density at radius 2 is 1.53 bits per heavy atom. The van der Waals surface area contributed by atoms with Crippen molar-refractivity contribution in [3.05, 3.63) is 90.2 Å². The molecule has 1 unspecified atom stereocenters. The summed E-state index contributed by atoms with van der Waals surface area (Å²) in [5.41, 5.74) is 3.95. The minimum Gasteiger partial charge on any atom is -0.379 e. The van der Waals surface area contributed by atoms with Crippen LogP contribution < -0.4 is 0 Å². The molecule has 0 saturated carbocycles. The summed E-state index contributed by atoms with van der Waals surface area (Å²) in [4.78, 5) is 19.5. The van der Waals surface area contributed by atoms with Crippen molar-refractivity contribution < 1.29 is 13.2 Å². The predicted octanol–water partition coefficient (Wildman–Crippen LogP) is 5.92. The third-order valence-electron chi connectivity index (χ3n) is 7.34. The summed E-state index contributed by atoms with van der Waals surface area (Å²) in [7, 11) is -0.245. The average Bonchev–Trinajstić information content (AvgIpc) is 3.89. The number of aryl methyl sites for hydroxylation is 2. The lowest BCUT2D eigenvalue weighted by atomic mass is 10.2. The molecule has 8 rings (SSSR count). The fourth-order valence-electron chi connectivity index (χ4n) is 5.02. The first-order valence-corrected chi connectivity index (χ1v) is 16.7. The second-order valence-corrected chi connectivity index (χ2v) is 13.3. The third-order valence-corrected chi connectivity index (χ3v) is 9.66. The maximum absolute atomic E-state index is 13.3. The molecule has 16 heteroatoms. The number of hydrogen-bond donors (Lipinski definition) is 1. The zero-order valence-electron chi connectivity index (χ0n) is 25.6. The van der Waals surface area contributed by atoms with Crippen LogP contribution in [0.2, 0.25) is 10.3 Å². The molecule has 1 saturated heterocycles. The minimum absolute atomic E-state index is 0.160. The molecule has 1 fully saturated rings. The molecule has 1 aromatic carbocycles. The van der Waals surface area contributed by atoms with Crippen LogP contribution in [0.3, 0.4) is 0 Å². The number of ether oxygens (including phenoxy) is 1. The second kappa shape index (κ2) is 13.6. The van der Waals surface area contributed by atoms with Gasteiger partial charge in [0.05, 0.1) is 45.6 Å². The third kappa shape index (κ3) is 6.90. The van der Waals surface area contributed by atoms with Crippen molar-refractivity contribution in [2.24, 2.45) is 14.1 Å². The molecule has 1 aliphatic heterocycles. The number of aromatic amines is 1. The molecule has 13 nitrogen and oxygen atoms in total. The van der Waals surface area contributed by atoms with Gasteiger partial charge in [-0.15, -0.1) is 0 Å². The Balaban J connectivity index is 0.000000149. The Kier molecular flexibility index (Phi) is 9.36. The van der Waals surface area contributed by atoms with E-state index in [2.05, 4.69) is 42.0 Å². The van der Waals surface area contributed by atoms with Crippen LogP contribution in [0.4, 0.5) is 0 Å². The molecule has 1 atom stereocenters. The number of nitrogens with one attached hydrogen (secondary N) is 1. The van der Waals surface area contributed by atoms with E-state index >= 15 is 0 Å². The molecule has 7 aromatic rings. The molecule has 47 heavy (non-hydrogen) atoms. The van der Waals surface area contributed by atoms with Gasteiger partial charge in [-0.3, -0.25) is 9.36 Å². The summed E-state index contributed by atoms with van der Waals surface area (Å²) >= 11 is 12.1. The number of H-pyrrole nitrogens is 1. The largest absolute Gasteiger partial charge is 0.379 e. The van der Waals surface area contributed by atoms with Gasteiger partial charge in [0.15, 0.2) is 5.65 Å². The number of fused-ring (bicyclic) bond motifs is 2. The Bertz CT molecular complexity index is 2260.